The van der Waals surface area contributed by atoms with Crippen molar-refractivity contribution in [2.75, 3.05) is 7.11 Å². The highest BCUT2D eigenvalue weighted by molar-refractivity contribution is 5.98. The maximum absolute atomic E-state index is 12.6. The fraction of sp³-hybridized carbons (Fsp3) is 0.474. The third-order valence-corrected chi connectivity index (χ3v) is 4.81. The van der Waals surface area contributed by atoms with Gasteiger partial charge < -0.3 is 10.1 Å². The van der Waals surface area contributed by atoms with Crippen LogP contribution in [0.4, 0.5) is 0 Å². The molecule has 0 saturated heterocycles. The Morgan fingerprint density at radius 1 is 1.22 bits per heavy atom. The summed E-state index contributed by atoms with van der Waals surface area (Å²) < 4.78 is 5.23. The Morgan fingerprint density at radius 3 is 2.65 bits per heavy atom. The zero-order valence-corrected chi connectivity index (χ0v) is 14.1. The summed E-state index contributed by atoms with van der Waals surface area (Å²) in [7, 11) is 1.64. The van der Waals surface area contributed by atoms with Crippen molar-refractivity contribution < 1.29 is 9.53 Å². The van der Waals surface area contributed by atoms with Crippen molar-refractivity contribution in [1.29, 1.82) is 0 Å². The molecule has 0 spiro atoms. The SMILES string of the molecule is COc1ccc2cc(C(=O)NC3CCC(C)CC3)c(C)nc2c1. The van der Waals surface area contributed by atoms with E-state index in [0.29, 0.717) is 11.6 Å². The van der Waals surface area contributed by atoms with Crippen LogP contribution < -0.4 is 10.1 Å². The van der Waals surface area contributed by atoms with Gasteiger partial charge in [0.25, 0.3) is 5.91 Å². The van der Waals surface area contributed by atoms with Gasteiger partial charge in [0.05, 0.1) is 23.9 Å². The Bertz CT molecular complexity index is 719. The fourth-order valence-electron chi connectivity index (χ4n) is 3.27. The molecule has 1 fully saturated rings. The Labute approximate surface area is 137 Å². The second kappa shape index (κ2) is 6.57. The summed E-state index contributed by atoms with van der Waals surface area (Å²) in [5, 5.41) is 4.14. The van der Waals surface area contributed by atoms with E-state index in [2.05, 4.69) is 17.2 Å². The lowest BCUT2D eigenvalue weighted by molar-refractivity contribution is 0.0922. The molecule has 122 valence electrons. The molecule has 1 saturated carbocycles. The first-order valence-corrected chi connectivity index (χ1v) is 8.33. The molecule has 1 aliphatic carbocycles. The topological polar surface area (TPSA) is 51.2 Å². The van der Waals surface area contributed by atoms with E-state index in [-0.39, 0.29) is 5.91 Å². The first-order valence-electron chi connectivity index (χ1n) is 8.33. The Kier molecular flexibility index (Phi) is 4.51. The van der Waals surface area contributed by atoms with E-state index < -0.39 is 0 Å². The van der Waals surface area contributed by atoms with Crippen LogP contribution in [0.3, 0.4) is 0 Å². The largest absolute Gasteiger partial charge is 0.497 e. The molecule has 1 aromatic heterocycles. The molecule has 1 amide bonds. The summed E-state index contributed by atoms with van der Waals surface area (Å²) in [6.07, 6.45) is 4.54. The summed E-state index contributed by atoms with van der Waals surface area (Å²) in [6.45, 7) is 4.17. The minimum absolute atomic E-state index is 0.00716. The molecule has 4 nitrogen and oxygen atoms in total. The molecule has 0 bridgehead atoms. The Balaban J connectivity index is 1.81. The van der Waals surface area contributed by atoms with Crippen LogP contribution in [0.2, 0.25) is 0 Å². The van der Waals surface area contributed by atoms with Crippen molar-refractivity contribution in [2.24, 2.45) is 5.92 Å². The zero-order valence-electron chi connectivity index (χ0n) is 14.1. The average molecular weight is 312 g/mol. The first kappa shape index (κ1) is 15.8. The summed E-state index contributed by atoms with van der Waals surface area (Å²) in [5.41, 5.74) is 2.28. The number of aromatic nitrogens is 1. The second-order valence-electron chi connectivity index (χ2n) is 6.61. The number of nitrogens with one attached hydrogen (secondary N) is 1. The van der Waals surface area contributed by atoms with Crippen LogP contribution in [0.25, 0.3) is 10.9 Å². The summed E-state index contributed by atoms with van der Waals surface area (Å²) in [4.78, 5) is 17.2. The molecule has 23 heavy (non-hydrogen) atoms. The predicted octanol–water partition coefficient (Wildman–Crippen LogP) is 3.86. The van der Waals surface area contributed by atoms with E-state index in [1.807, 2.05) is 31.2 Å². The molecule has 1 N–H and O–H groups in total. The number of rotatable bonds is 3. The third kappa shape index (κ3) is 3.46. The maximum Gasteiger partial charge on any atom is 0.253 e. The van der Waals surface area contributed by atoms with Gasteiger partial charge in [-0.25, -0.2) is 0 Å². The van der Waals surface area contributed by atoms with E-state index in [1.165, 1.54) is 12.8 Å². The number of nitrogens with zero attached hydrogens (tertiary/aromatic N) is 1. The van der Waals surface area contributed by atoms with Gasteiger partial charge in [-0.2, -0.15) is 0 Å². The van der Waals surface area contributed by atoms with Crippen molar-refractivity contribution in [1.82, 2.24) is 10.3 Å². The summed E-state index contributed by atoms with van der Waals surface area (Å²) >= 11 is 0. The lowest BCUT2D eigenvalue weighted by Gasteiger charge is -2.27. The summed E-state index contributed by atoms with van der Waals surface area (Å²) in [5.74, 6) is 1.55. The molecule has 1 heterocycles. The van der Waals surface area contributed by atoms with E-state index in [0.717, 1.165) is 41.1 Å². The molecule has 4 heteroatoms. The van der Waals surface area contributed by atoms with Gasteiger partial charge in [0, 0.05) is 17.5 Å². The average Bonchev–Trinajstić information content (AvgIpc) is 2.55. The van der Waals surface area contributed by atoms with Crippen LogP contribution in [-0.2, 0) is 0 Å². The Morgan fingerprint density at radius 2 is 1.96 bits per heavy atom. The number of hydrogen-bond donors (Lipinski definition) is 1. The van der Waals surface area contributed by atoms with Crippen LogP contribution in [0.5, 0.6) is 5.75 Å². The predicted molar refractivity (Wildman–Crippen MR) is 91.9 cm³/mol. The fourth-order valence-corrected chi connectivity index (χ4v) is 3.27. The highest BCUT2D eigenvalue weighted by atomic mass is 16.5. The minimum Gasteiger partial charge on any atom is -0.497 e. The molecular weight excluding hydrogens is 288 g/mol. The van der Waals surface area contributed by atoms with Crippen LogP contribution in [0.1, 0.15) is 48.7 Å². The monoisotopic (exact) mass is 312 g/mol. The van der Waals surface area contributed by atoms with Gasteiger partial charge in [-0.1, -0.05) is 6.92 Å². The standard InChI is InChI=1S/C19H24N2O2/c1-12-4-7-15(8-5-12)21-19(22)17-10-14-6-9-16(23-3)11-18(14)20-13(17)2/h6,9-12,15H,4-5,7-8H2,1-3H3,(H,21,22). The van der Waals surface area contributed by atoms with Crippen molar-refractivity contribution in [2.45, 2.75) is 45.6 Å². The number of ether oxygens (including phenoxy) is 1. The second-order valence-corrected chi connectivity index (χ2v) is 6.61. The minimum atomic E-state index is -0.00716. The van der Waals surface area contributed by atoms with Gasteiger partial charge in [0.1, 0.15) is 5.75 Å². The highest BCUT2D eigenvalue weighted by Gasteiger charge is 2.21. The number of pyridine rings is 1. The summed E-state index contributed by atoms with van der Waals surface area (Å²) in [6, 6.07) is 7.96. The number of fused-ring (bicyclic) bond motifs is 1. The van der Waals surface area contributed by atoms with Crippen LogP contribution in [0, 0.1) is 12.8 Å². The van der Waals surface area contributed by atoms with Gasteiger partial charge in [-0.05, 0) is 56.7 Å². The Hall–Kier alpha value is -2.10. The number of aryl methyl sites for hydroxylation is 1. The number of methoxy groups -OCH3 is 1. The lowest BCUT2D eigenvalue weighted by Crippen LogP contribution is -2.37. The van der Waals surface area contributed by atoms with Crippen LogP contribution >= 0.6 is 0 Å². The number of carbonyl (C=O) groups excluding carboxylic acids is 1. The quantitative estimate of drug-likeness (QED) is 0.936. The van der Waals surface area contributed by atoms with E-state index in [4.69, 9.17) is 4.74 Å². The van der Waals surface area contributed by atoms with Crippen LogP contribution in [-0.4, -0.2) is 24.0 Å². The molecule has 0 radical (unpaired) electrons. The number of amides is 1. The molecule has 3 rings (SSSR count). The van der Waals surface area contributed by atoms with Crippen molar-refractivity contribution >= 4 is 16.8 Å². The molecule has 1 aliphatic rings. The smallest absolute Gasteiger partial charge is 0.253 e. The van der Waals surface area contributed by atoms with Gasteiger partial charge in [-0.3, -0.25) is 9.78 Å². The van der Waals surface area contributed by atoms with Gasteiger partial charge in [-0.15, -0.1) is 0 Å². The number of carbonyl (C=O) groups is 1. The normalized spacial score (nSPS) is 21.2. The molecular formula is C19H24N2O2. The molecule has 0 unspecified atom stereocenters. The molecule has 2 aromatic rings. The molecule has 1 aromatic carbocycles. The molecule has 0 atom stereocenters. The zero-order chi connectivity index (χ0) is 16.4. The lowest BCUT2D eigenvalue weighted by atomic mass is 9.87. The highest BCUT2D eigenvalue weighted by Crippen LogP contribution is 2.25. The number of hydrogen-bond acceptors (Lipinski definition) is 3. The van der Waals surface area contributed by atoms with Gasteiger partial charge in [0.15, 0.2) is 0 Å². The first-order chi connectivity index (χ1) is 11.1. The van der Waals surface area contributed by atoms with E-state index in [1.54, 1.807) is 7.11 Å². The van der Waals surface area contributed by atoms with E-state index >= 15 is 0 Å². The molecule has 0 aliphatic heterocycles. The van der Waals surface area contributed by atoms with E-state index in [9.17, 15) is 4.79 Å². The maximum atomic E-state index is 12.6. The van der Waals surface area contributed by atoms with Crippen LogP contribution in [0.15, 0.2) is 24.3 Å². The third-order valence-electron chi connectivity index (χ3n) is 4.81. The van der Waals surface area contributed by atoms with Gasteiger partial charge >= 0.3 is 0 Å². The number of benzene rings is 1. The van der Waals surface area contributed by atoms with Gasteiger partial charge in [0.2, 0.25) is 0 Å². The van der Waals surface area contributed by atoms with Crippen molar-refractivity contribution in [3.63, 3.8) is 0 Å². The van der Waals surface area contributed by atoms with Crippen molar-refractivity contribution in [3.05, 3.63) is 35.5 Å². The van der Waals surface area contributed by atoms with Crippen molar-refractivity contribution in [3.8, 4) is 5.75 Å².